The summed E-state index contributed by atoms with van der Waals surface area (Å²) in [5, 5.41) is -1.64. The Morgan fingerprint density at radius 1 is 0.962 bits per heavy atom. The molecule has 0 bridgehead atoms. The lowest BCUT2D eigenvalue weighted by Crippen LogP contribution is -2.17. The van der Waals surface area contributed by atoms with Crippen LogP contribution in [0.1, 0.15) is 22.4 Å². The molecule has 9 heteroatoms. The van der Waals surface area contributed by atoms with Gasteiger partial charge in [0.2, 0.25) is 0 Å². The van der Waals surface area contributed by atoms with E-state index in [4.69, 9.17) is 0 Å². The Labute approximate surface area is 152 Å². The van der Waals surface area contributed by atoms with E-state index in [2.05, 4.69) is 4.99 Å². The number of thioether (sulfide) groups is 1. The number of aliphatic imine (C=N–C) groups is 1. The van der Waals surface area contributed by atoms with Crippen LogP contribution in [-0.4, -0.2) is 25.9 Å². The highest BCUT2D eigenvalue weighted by atomic mass is 32.2. The maximum atomic E-state index is 13.1. The fourth-order valence-corrected chi connectivity index (χ4v) is 4.43. The zero-order valence-electron chi connectivity index (χ0n) is 13.4. The van der Waals surface area contributed by atoms with Gasteiger partial charge in [0.1, 0.15) is 5.82 Å². The number of halogens is 4. The van der Waals surface area contributed by atoms with Crippen molar-refractivity contribution in [1.82, 2.24) is 0 Å². The van der Waals surface area contributed by atoms with Crippen LogP contribution in [0.25, 0.3) is 0 Å². The minimum atomic E-state index is -4.58. The van der Waals surface area contributed by atoms with Gasteiger partial charge in [-0.2, -0.15) is 13.2 Å². The lowest BCUT2D eigenvalue weighted by Gasteiger charge is -2.18. The molecule has 0 fully saturated rings. The van der Waals surface area contributed by atoms with E-state index >= 15 is 0 Å². The molecule has 2 atom stereocenters. The Bertz CT molecular complexity index is 936. The van der Waals surface area contributed by atoms with Gasteiger partial charge in [-0.25, -0.2) is 12.8 Å². The smallest absolute Gasteiger partial charge is 0.264 e. The van der Waals surface area contributed by atoms with E-state index in [9.17, 15) is 26.0 Å². The SMILES string of the molecule is CS(=O)(=O)c1ccc(C2N=C(C(F)(F)F)SC2c2ccc(F)cc2)cc1. The van der Waals surface area contributed by atoms with Crippen molar-refractivity contribution in [3.05, 3.63) is 65.5 Å². The number of sulfone groups is 1. The first-order valence-electron chi connectivity index (χ1n) is 7.43. The highest BCUT2D eigenvalue weighted by Gasteiger charge is 2.45. The molecule has 0 aliphatic carbocycles. The lowest BCUT2D eigenvalue weighted by molar-refractivity contribution is -0.0555. The van der Waals surface area contributed by atoms with Gasteiger partial charge in [-0.05, 0) is 35.4 Å². The van der Waals surface area contributed by atoms with Crippen molar-refractivity contribution in [3.8, 4) is 0 Å². The third-order valence-electron chi connectivity index (χ3n) is 3.87. The Morgan fingerprint density at radius 3 is 2.00 bits per heavy atom. The summed E-state index contributed by atoms with van der Waals surface area (Å²) < 4.78 is 75.6. The first kappa shape index (κ1) is 18.9. The molecule has 0 N–H and O–H groups in total. The van der Waals surface area contributed by atoms with Crippen molar-refractivity contribution in [2.75, 3.05) is 6.26 Å². The molecular formula is C17H13F4NO2S2. The van der Waals surface area contributed by atoms with Gasteiger partial charge >= 0.3 is 6.18 Å². The molecule has 3 rings (SSSR count). The number of hydrogen-bond acceptors (Lipinski definition) is 4. The molecule has 26 heavy (non-hydrogen) atoms. The molecular weight excluding hydrogens is 390 g/mol. The van der Waals surface area contributed by atoms with Crippen LogP contribution in [0.5, 0.6) is 0 Å². The van der Waals surface area contributed by atoms with Gasteiger partial charge in [0.15, 0.2) is 14.9 Å². The molecule has 2 aromatic carbocycles. The Kier molecular flexibility index (Phi) is 4.87. The Hall–Kier alpha value is -1.87. The topological polar surface area (TPSA) is 46.5 Å². The van der Waals surface area contributed by atoms with Gasteiger partial charge in [0.05, 0.1) is 16.2 Å². The Morgan fingerprint density at radius 2 is 1.50 bits per heavy atom. The summed E-state index contributed by atoms with van der Waals surface area (Å²) in [4.78, 5) is 3.89. The van der Waals surface area contributed by atoms with Crippen LogP contribution in [0.3, 0.4) is 0 Å². The second-order valence-electron chi connectivity index (χ2n) is 5.81. The minimum absolute atomic E-state index is 0.0743. The molecule has 0 aromatic heterocycles. The normalized spacial score (nSPS) is 20.9. The van der Waals surface area contributed by atoms with Crippen molar-refractivity contribution in [2.24, 2.45) is 4.99 Å². The summed E-state index contributed by atoms with van der Waals surface area (Å²) in [7, 11) is -3.41. The number of nitrogens with zero attached hydrogens (tertiary/aromatic N) is 1. The minimum Gasteiger partial charge on any atom is -0.264 e. The maximum absolute atomic E-state index is 13.1. The summed E-state index contributed by atoms with van der Waals surface area (Å²) in [5.74, 6) is -0.484. The van der Waals surface area contributed by atoms with Crippen molar-refractivity contribution >= 4 is 26.6 Å². The van der Waals surface area contributed by atoms with E-state index in [0.29, 0.717) is 22.9 Å². The zero-order valence-corrected chi connectivity index (χ0v) is 15.0. The zero-order chi connectivity index (χ0) is 19.1. The predicted molar refractivity (Wildman–Crippen MR) is 92.5 cm³/mol. The number of rotatable bonds is 3. The fourth-order valence-electron chi connectivity index (χ4n) is 2.61. The standard InChI is InChI=1S/C17H13F4NO2S2/c1-26(23,24)13-8-4-10(5-9-13)14-15(11-2-6-12(18)7-3-11)25-16(22-14)17(19,20)21/h2-9,14-15H,1H3. The van der Waals surface area contributed by atoms with E-state index in [1.807, 2.05) is 0 Å². The average Bonchev–Trinajstić information content (AvgIpc) is 3.00. The molecule has 2 aromatic rings. The monoisotopic (exact) mass is 403 g/mol. The summed E-state index contributed by atoms with van der Waals surface area (Å²) in [6, 6.07) is 9.99. The highest BCUT2D eigenvalue weighted by molar-refractivity contribution is 8.14. The summed E-state index contributed by atoms with van der Waals surface area (Å²) in [6.45, 7) is 0. The average molecular weight is 403 g/mol. The van der Waals surface area contributed by atoms with Crippen LogP contribution in [0.4, 0.5) is 17.6 Å². The fraction of sp³-hybridized carbons (Fsp3) is 0.235. The highest BCUT2D eigenvalue weighted by Crippen LogP contribution is 2.51. The van der Waals surface area contributed by atoms with Crippen molar-refractivity contribution in [1.29, 1.82) is 0 Å². The number of hydrogen-bond donors (Lipinski definition) is 0. The van der Waals surface area contributed by atoms with Crippen molar-refractivity contribution in [2.45, 2.75) is 22.4 Å². The summed E-state index contributed by atoms with van der Waals surface area (Å²) in [5.41, 5.74) is 0.968. The van der Waals surface area contributed by atoms with Crippen LogP contribution in [0.2, 0.25) is 0 Å². The van der Waals surface area contributed by atoms with E-state index in [1.54, 1.807) is 0 Å². The third kappa shape index (κ3) is 3.93. The molecule has 0 amide bonds. The molecule has 3 nitrogen and oxygen atoms in total. The van der Waals surface area contributed by atoms with Gasteiger partial charge in [-0.1, -0.05) is 36.0 Å². The molecule has 138 valence electrons. The van der Waals surface area contributed by atoms with Gasteiger partial charge in [0.25, 0.3) is 0 Å². The molecule has 1 heterocycles. The molecule has 1 aliphatic rings. The second kappa shape index (κ2) is 6.70. The quantitative estimate of drug-likeness (QED) is 0.697. The third-order valence-corrected chi connectivity index (χ3v) is 6.35. The summed E-state index contributed by atoms with van der Waals surface area (Å²) in [6.07, 6.45) is -3.53. The van der Waals surface area contributed by atoms with Gasteiger partial charge in [0, 0.05) is 6.26 Å². The Balaban J connectivity index is 2.01. The summed E-state index contributed by atoms with van der Waals surface area (Å²) >= 11 is 0.574. The van der Waals surface area contributed by atoms with E-state index < -0.39 is 38.2 Å². The predicted octanol–water partition coefficient (Wildman–Crippen LogP) is 4.72. The van der Waals surface area contributed by atoms with Gasteiger partial charge in [-0.15, -0.1) is 0 Å². The van der Waals surface area contributed by atoms with E-state index in [0.717, 1.165) is 6.26 Å². The van der Waals surface area contributed by atoms with Crippen LogP contribution in [0.15, 0.2) is 58.4 Å². The lowest BCUT2D eigenvalue weighted by atomic mass is 9.99. The molecule has 1 aliphatic heterocycles. The van der Waals surface area contributed by atoms with Crippen molar-refractivity contribution in [3.63, 3.8) is 0 Å². The van der Waals surface area contributed by atoms with Gasteiger partial charge < -0.3 is 0 Å². The number of alkyl halides is 3. The molecule has 0 spiro atoms. The van der Waals surface area contributed by atoms with E-state index in [-0.39, 0.29) is 4.90 Å². The number of benzene rings is 2. The largest absolute Gasteiger partial charge is 0.439 e. The molecule has 0 saturated heterocycles. The van der Waals surface area contributed by atoms with Crippen LogP contribution in [0, 0.1) is 5.82 Å². The molecule has 0 radical (unpaired) electrons. The first-order chi connectivity index (χ1) is 12.1. The molecule has 2 unspecified atom stereocenters. The first-order valence-corrected chi connectivity index (χ1v) is 10.2. The maximum Gasteiger partial charge on any atom is 0.439 e. The molecule has 0 saturated carbocycles. The van der Waals surface area contributed by atoms with Crippen molar-refractivity contribution < 1.29 is 26.0 Å². The van der Waals surface area contributed by atoms with Crippen LogP contribution >= 0.6 is 11.8 Å². The van der Waals surface area contributed by atoms with Crippen LogP contribution < -0.4 is 0 Å². The van der Waals surface area contributed by atoms with Gasteiger partial charge in [-0.3, -0.25) is 4.99 Å². The second-order valence-corrected chi connectivity index (χ2v) is 8.95. The van der Waals surface area contributed by atoms with Crippen LogP contribution in [-0.2, 0) is 9.84 Å². The van der Waals surface area contributed by atoms with E-state index in [1.165, 1.54) is 48.5 Å².